The SMILES string of the molecule is O=C(O)[C@@H]1CN(C(=O)Nc2ccccc2Cl)C[C@H]1C(F)(F)F. The van der Waals surface area contributed by atoms with Gasteiger partial charge in [0.25, 0.3) is 0 Å². The van der Waals surface area contributed by atoms with Gasteiger partial charge in [0, 0.05) is 13.1 Å². The summed E-state index contributed by atoms with van der Waals surface area (Å²) in [5, 5.41) is 11.5. The highest BCUT2D eigenvalue weighted by atomic mass is 35.5. The first-order chi connectivity index (χ1) is 10.2. The molecule has 2 rings (SSSR count). The van der Waals surface area contributed by atoms with Gasteiger partial charge >= 0.3 is 18.2 Å². The summed E-state index contributed by atoms with van der Waals surface area (Å²) in [6.45, 7) is -1.20. The van der Waals surface area contributed by atoms with Crippen molar-refractivity contribution in [2.75, 3.05) is 18.4 Å². The van der Waals surface area contributed by atoms with Crippen molar-refractivity contribution in [2.24, 2.45) is 11.8 Å². The normalized spacial score (nSPS) is 21.7. The number of rotatable bonds is 2. The fraction of sp³-hybridized carbons (Fsp3) is 0.385. The van der Waals surface area contributed by atoms with Crippen LogP contribution in [0, 0.1) is 11.8 Å². The molecule has 0 radical (unpaired) electrons. The smallest absolute Gasteiger partial charge is 0.394 e. The number of likely N-dealkylation sites (tertiary alicyclic amines) is 1. The van der Waals surface area contributed by atoms with Gasteiger partial charge in [-0.25, -0.2) is 4.79 Å². The Hall–Kier alpha value is -1.96. The average Bonchev–Trinajstić information content (AvgIpc) is 2.86. The van der Waals surface area contributed by atoms with Crippen molar-refractivity contribution < 1.29 is 27.9 Å². The summed E-state index contributed by atoms with van der Waals surface area (Å²) in [6, 6.07) is 5.43. The van der Waals surface area contributed by atoms with Crippen LogP contribution in [0.3, 0.4) is 0 Å². The third-order valence-corrected chi connectivity index (χ3v) is 3.79. The number of carboxylic acids is 1. The van der Waals surface area contributed by atoms with Crippen LogP contribution in [0.1, 0.15) is 0 Å². The van der Waals surface area contributed by atoms with E-state index in [0.717, 1.165) is 4.90 Å². The molecule has 22 heavy (non-hydrogen) atoms. The third-order valence-electron chi connectivity index (χ3n) is 3.46. The quantitative estimate of drug-likeness (QED) is 0.872. The minimum atomic E-state index is -4.68. The first kappa shape index (κ1) is 16.4. The molecular formula is C13H12ClF3N2O3. The number of benzene rings is 1. The van der Waals surface area contributed by atoms with Crippen molar-refractivity contribution in [3.63, 3.8) is 0 Å². The monoisotopic (exact) mass is 336 g/mol. The minimum Gasteiger partial charge on any atom is -0.481 e. The van der Waals surface area contributed by atoms with E-state index >= 15 is 0 Å². The molecule has 1 fully saturated rings. The Morgan fingerprint density at radius 2 is 1.91 bits per heavy atom. The van der Waals surface area contributed by atoms with Gasteiger partial charge in [-0.15, -0.1) is 0 Å². The van der Waals surface area contributed by atoms with Crippen molar-refractivity contribution in [2.45, 2.75) is 6.18 Å². The van der Waals surface area contributed by atoms with Crippen LogP contribution >= 0.6 is 11.6 Å². The fourth-order valence-corrected chi connectivity index (χ4v) is 2.49. The van der Waals surface area contributed by atoms with Crippen molar-refractivity contribution in [1.29, 1.82) is 0 Å². The number of amides is 2. The number of hydrogen-bond donors (Lipinski definition) is 2. The van der Waals surface area contributed by atoms with Gasteiger partial charge in [-0.1, -0.05) is 23.7 Å². The maximum absolute atomic E-state index is 12.9. The van der Waals surface area contributed by atoms with Crippen LogP contribution in [-0.4, -0.2) is 41.3 Å². The largest absolute Gasteiger partial charge is 0.481 e. The second-order valence-corrected chi connectivity index (χ2v) is 5.32. The molecule has 0 spiro atoms. The Balaban J connectivity index is 2.12. The number of nitrogens with zero attached hydrogens (tertiary/aromatic N) is 1. The van der Waals surface area contributed by atoms with Crippen LogP contribution in [0.2, 0.25) is 5.02 Å². The number of halogens is 4. The Bertz CT molecular complexity index is 594. The maximum atomic E-state index is 12.9. The van der Waals surface area contributed by atoms with Crippen LogP contribution in [0.15, 0.2) is 24.3 Å². The van der Waals surface area contributed by atoms with E-state index in [9.17, 15) is 22.8 Å². The van der Waals surface area contributed by atoms with Crippen LogP contribution in [0.4, 0.5) is 23.7 Å². The predicted octanol–water partition coefficient (Wildman–Crippen LogP) is 3.07. The standard InChI is InChI=1S/C13H12ClF3N2O3/c14-9-3-1-2-4-10(9)18-12(22)19-5-7(11(20)21)8(6-19)13(15,16)17/h1-4,7-8H,5-6H2,(H,18,22)(H,20,21)/t7-,8-/m1/s1. The molecule has 1 heterocycles. The maximum Gasteiger partial charge on any atom is 0.394 e. The number of carbonyl (C=O) groups excluding carboxylic acids is 1. The number of urea groups is 1. The molecule has 1 aliphatic heterocycles. The van der Waals surface area contributed by atoms with E-state index in [1.54, 1.807) is 12.1 Å². The van der Waals surface area contributed by atoms with E-state index in [1.165, 1.54) is 12.1 Å². The number of nitrogens with one attached hydrogen (secondary N) is 1. The van der Waals surface area contributed by atoms with Crippen molar-refractivity contribution in [3.8, 4) is 0 Å². The average molecular weight is 337 g/mol. The molecule has 0 saturated carbocycles. The second-order valence-electron chi connectivity index (χ2n) is 4.91. The van der Waals surface area contributed by atoms with Crippen LogP contribution in [0.5, 0.6) is 0 Å². The highest BCUT2D eigenvalue weighted by molar-refractivity contribution is 6.33. The molecule has 2 amide bonds. The van der Waals surface area contributed by atoms with Gasteiger partial charge in [0.1, 0.15) is 0 Å². The zero-order valence-electron chi connectivity index (χ0n) is 11.1. The topological polar surface area (TPSA) is 69.6 Å². The van der Waals surface area contributed by atoms with E-state index in [4.69, 9.17) is 16.7 Å². The summed E-state index contributed by atoms with van der Waals surface area (Å²) in [6.07, 6.45) is -4.68. The molecule has 2 N–H and O–H groups in total. The van der Waals surface area contributed by atoms with E-state index in [1.807, 2.05) is 0 Å². The van der Waals surface area contributed by atoms with Gasteiger partial charge in [0.2, 0.25) is 0 Å². The van der Waals surface area contributed by atoms with E-state index in [-0.39, 0.29) is 10.7 Å². The highest BCUT2D eigenvalue weighted by Crippen LogP contribution is 2.38. The highest BCUT2D eigenvalue weighted by Gasteiger charge is 2.53. The Morgan fingerprint density at radius 1 is 1.27 bits per heavy atom. The predicted molar refractivity (Wildman–Crippen MR) is 72.7 cm³/mol. The van der Waals surface area contributed by atoms with Crippen LogP contribution < -0.4 is 5.32 Å². The van der Waals surface area contributed by atoms with Gasteiger partial charge in [-0.3, -0.25) is 4.79 Å². The van der Waals surface area contributed by atoms with Crippen molar-refractivity contribution >= 4 is 29.3 Å². The lowest BCUT2D eigenvalue weighted by Crippen LogP contribution is -2.35. The Kier molecular flexibility index (Phi) is 4.50. The molecule has 2 atom stereocenters. The molecule has 9 heteroatoms. The fourth-order valence-electron chi connectivity index (χ4n) is 2.31. The summed E-state index contributed by atoms with van der Waals surface area (Å²) in [5.74, 6) is -5.32. The first-order valence-electron chi connectivity index (χ1n) is 6.30. The molecule has 5 nitrogen and oxygen atoms in total. The molecule has 0 bridgehead atoms. The summed E-state index contributed by atoms with van der Waals surface area (Å²) in [5.41, 5.74) is 0.247. The zero-order valence-corrected chi connectivity index (χ0v) is 11.9. The van der Waals surface area contributed by atoms with Crippen LogP contribution in [0.25, 0.3) is 0 Å². The number of aliphatic carboxylic acids is 1. The van der Waals surface area contributed by atoms with Crippen LogP contribution in [-0.2, 0) is 4.79 Å². The molecule has 0 unspecified atom stereocenters. The number of alkyl halides is 3. The van der Waals surface area contributed by atoms with Gasteiger partial charge < -0.3 is 15.3 Å². The molecular weight excluding hydrogens is 325 g/mol. The third kappa shape index (κ3) is 3.44. The number of carbonyl (C=O) groups is 2. The van der Waals surface area contributed by atoms with E-state index in [0.29, 0.717) is 0 Å². The molecule has 0 aliphatic carbocycles. The van der Waals surface area contributed by atoms with E-state index < -0.39 is 43.1 Å². The summed E-state index contributed by atoms with van der Waals surface area (Å²) in [4.78, 5) is 23.8. The lowest BCUT2D eigenvalue weighted by Gasteiger charge is -2.19. The molecule has 120 valence electrons. The number of anilines is 1. The minimum absolute atomic E-state index is 0.234. The lowest BCUT2D eigenvalue weighted by atomic mass is 9.96. The molecule has 1 aliphatic rings. The Labute approximate surface area is 128 Å². The number of para-hydroxylation sites is 1. The lowest BCUT2D eigenvalue weighted by molar-refractivity contribution is -0.187. The summed E-state index contributed by atoms with van der Waals surface area (Å²) >= 11 is 5.85. The molecule has 1 aromatic carbocycles. The van der Waals surface area contributed by atoms with E-state index in [2.05, 4.69) is 5.32 Å². The number of hydrogen-bond acceptors (Lipinski definition) is 2. The van der Waals surface area contributed by atoms with Gasteiger partial charge in [-0.05, 0) is 12.1 Å². The van der Waals surface area contributed by atoms with Gasteiger partial charge in [-0.2, -0.15) is 13.2 Å². The summed E-state index contributed by atoms with van der Waals surface area (Å²) in [7, 11) is 0. The van der Waals surface area contributed by atoms with Gasteiger partial charge in [0.15, 0.2) is 0 Å². The van der Waals surface area contributed by atoms with Gasteiger partial charge in [0.05, 0.1) is 22.5 Å². The summed E-state index contributed by atoms with van der Waals surface area (Å²) < 4.78 is 38.6. The molecule has 1 aromatic rings. The second kappa shape index (κ2) is 6.04. The Morgan fingerprint density at radius 3 is 2.41 bits per heavy atom. The van der Waals surface area contributed by atoms with Crippen molar-refractivity contribution in [3.05, 3.63) is 29.3 Å². The molecule has 1 saturated heterocycles. The zero-order chi connectivity index (χ0) is 16.5. The van der Waals surface area contributed by atoms with Crippen molar-refractivity contribution in [1.82, 2.24) is 4.90 Å². The molecule has 0 aromatic heterocycles. The first-order valence-corrected chi connectivity index (χ1v) is 6.68. The number of carboxylic acid groups (broad SMARTS) is 1.